The Morgan fingerprint density at radius 3 is 2.16 bits per heavy atom. The summed E-state index contributed by atoms with van der Waals surface area (Å²) in [5.41, 5.74) is 2.42. The van der Waals surface area contributed by atoms with E-state index in [0.717, 1.165) is 24.7 Å². The Morgan fingerprint density at radius 2 is 1.58 bits per heavy atom. The van der Waals surface area contributed by atoms with Crippen LogP contribution in [-0.2, 0) is 0 Å². The average molecular weight is 448 g/mol. The van der Waals surface area contributed by atoms with E-state index in [9.17, 15) is 4.79 Å². The Labute approximate surface area is 137 Å². The second-order valence-electron chi connectivity index (χ2n) is 4.07. The zero-order valence-electron chi connectivity index (χ0n) is 10.0. The van der Waals surface area contributed by atoms with E-state index >= 15 is 0 Å². The number of hydrogen-bond acceptors (Lipinski definition) is 1. The van der Waals surface area contributed by atoms with Crippen LogP contribution in [-0.4, -0.2) is 5.91 Å². The smallest absolute Gasteiger partial charge is 0.255 e. The van der Waals surface area contributed by atoms with Gasteiger partial charge >= 0.3 is 0 Å². The van der Waals surface area contributed by atoms with Crippen LogP contribution in [0.5, 0.6) is 0 Å². The predicted octanol–water partition coefficient (Wildman–Crippen LogP) is 5.53. The molecule has 0 spiro atoms. The SMILES string of the molecule is Cc1cc(Br)ccc1NC(=O)c1cc(Br)cc(Br)c1. The Hall–Kier alpha value is -0.650. The Morgan fingerprint density at radius 1 is 0.947 bits per heavy atom. The third-order valence-corrected chi connectivity index (χ3v) is 3.97. The molecule has 1 amide bonds. The van der Waals surface area contributed by atoms with Crippen molar-refractivity contribution in [3.63, 3.8) is 0 Å². The highest BCUT2D eigenvalue weighted by atomic mass is 79.9. The van der Waals surface area contributed by atoms with Crippen molar-refractivity contribution in [1.29, 1.82) is 0 Å². The molecule has 0 fully saturated rings. The molecule has 0 bridgehead atoms. The molecule has 0 aliphatic rings. The monoisotopic (exact) mass is 445 g/mol. The number of halogens is 3. The minimum absolute atomic E-state index is 0.132. The average Bonchev–Trinajstić information content (AvgIpc) is 2.31. The molecule has 0 heterocycles. The van der Waals surface area contributed by atoms with Gasteiger partial charge in [-0.1, -0.05) is 47.8 Å². The van der Waals surface area contributed by atoms with Crippen LogP contribution in [0.15, 0.2) is 49.8 Å². The van der Waals surface area contributed by atoms with Crippen LogP contribution in [0.3, 0.4) is 0 Å². The summed E-state index contributed by atoms with van der Waals surface area (Å²) in [5.74, 6) is -0.132. The van der Waals surface area contributed by atoms with E-state index in [1.807, 2.05) is 31.2 Å². The lowest BCUT2D eigenvalue weighted by atomic mass is 10.1. The number of rotatable bonds is 2. The van der Waals surface area contributed by atoms with Crippen molar-refractivity contribution < 1.29 is 4.79 Å². The van der Waals surface area contributed by atoms with Crippen LogP contribution >= 0.6 is 47.8 Å². The normalized spacial score (nSPS) is 10.3. The fourth-order valence-electron chi connectivity index (χ4n) is 1.65. The van der Waals surface area contributed by atoms with Crippen LogP contribution in [0.2, 0.25) is 0 Å². The van der Waals surface area contributed by atoms with E-state index in [2.05, 4.69) is 53.1 Å². The fraction of sp³-hybridized carbons (Fsp3) is 0.0714. The van der Waals surface area contributed by atoms with Gasteiger partial charge in [-0.3, -0.25) is 4.79 Å². The van der Waals surface area contributed by atoms with Crippen molar-refractivity contribution in [1.82, 2.24) is 0 Å². The molecule has 5 heteroatoms. The molecule has 2 aromatic carbocycles. The molecular formula is C14H10Br3NO. The van der Waals surface area contributed by atoms with Gasteiger partial charge in [0, 0.05) is 24.7 Å². The zero-order valence-corrected chi connectivity index (χ0v) is 14.8. The summed E-state index contributed by atoms with van der Waals surface area (Å²) in [6.45, 7) is 1.96. The third-order valence-electron chi connectivity index (χ3n) is 2.56. The summed E-state index contributed by atoms with van der Waals surface area (Å²) < 4.78 is 2.72. The largest absolute Gasteiger partial charge is 0.322 e. The molecule has 0 saturated carbocycles. The Kier molecular flexibility index (Phi) is 4.81. The lowest BCUT2D eigenvalue weighted by Crippen LogP contribution is -2.12. The molecule has 0 aromatic heterocycles. The van der Waals surface area contributed by atoms with Gasteiger partial charge in [-0.05, 0) is 48.9 Å². The number of nitrogens with one attached hydrogen (secondary N) is 1. The molecule has 2 aromatic rings. The first-order valence-corrected chi connectivity index (χ1v) is 7.87. The van der Waals surface area contributed by atoms with Gasteiger partial charge in [0.25, 0.3) is 5.91 Å². The summed E-state index contributed by atoms with van der Waals surface area (Å²) in [7, 11) is 0. The van der Waals surface area contributed by atoms with E-state index in [1.165, 1.54) is 0 Å². The van der Waals surface area contributed by atoms with Gasteiger partial charge in [-0.2, -0.15) is 0 Å². The second kappa shape index (κ2) is 6.20. The summed E-state index contributed by atoms with van der Waals surface area (Å²) in [6, 6.07) is 11.2. The molecule has 1 N–H and O–H groups in total. The van der Waals surface area contributed by atoms with Crippen molar-refractivity contribution in [2.24, 2.45) is 0 Å². The van der Waals surface area contributed by atoms with Crippen LogP contribution in [0.25, 0.3) is 0 Å². The highest BCUT2D eigenvalue weighted by molar-refractivity contribution is 9.11. The summed E-state index contributed by atoms with van der Waals surface area (Å²) >= 11 is 10.2. The Bertz CT molecular complexity index is 620. The van der Waals surface area contributed by atoms with Crippen LogP contribution < -0.4 is 5.32 Å². The summed E-state index contributed by atoms with van der Waals surface area (Å²) in [4.78, 5) is 12.2. The van der Waals surface area contributed by atoms with Gasteiger partial charge in [-0.25, -0.2) is 0 Å². The van der Waals surface area contributed by atoms with Crippen molar-refractivity contribution in [3.8, 4) is 0 Å². The quantitative estimate of drug-likeness (QED) is 0.643. The topological polar surface area (TPSA) is 29.1 Å². The van der Waals surface area contributed by atoms with Gasteiger partial charge in [0.1, 0.15) is 0 Å². The molecule has 19 heavy (non-hydrogen) atoms. The number of carbonyl (C=O) groups excluding carboxylic acids is 1. The first kappa shape index (κ1) is 14.8. The minimum Gasteiger partial charge on any atom is -0.322 e. The number of carbonyl (C=O) groups is 1. The highest BCUT2D eigenvalue weighted by Gasteiger charge is 2.09. The maximum Gasteiger partial charge on any atom is 0.255 e. The number of hydrogen-bond donors (Lipinski definition) is 1. The molecule has 0 saturated heterocycles. The van der Waals surface area contributed by atoms with Crippen LogP contribution in [0.1, 0.15) is 15.9 Å². The lowest BCUT2D eigenvalue weighted by Gasteiger charge is -2.09. The van der Waals surface area contributed by atoms with Gasteiger partial charge < -0.3 is 5.32 Å². The summed E-state index contributed by atoms with van der Waals surface area (Å²) in [5, 5.41) is 2.91. The zero-order chi connectivity index (χ0) is 14.0. The van der Waals surface area contributed by atoms with Gasteiger partial charge in [0.2, 0.25) is 0 Å². The van der Waals surface area contributed by atoms with Crippen molar-refractivity contribution in [2.45, 2.75) is 6.92 Å². The number of aryl methyl sites for hydroxylation is 1. The van der Waals surface area contributed by atoms with E-state index in [-0.39, 0.29) is 5.91 Å². The number of benzene rings is 2. The van der Waals surface area contributed by atoms with Gasteiger partial charge in [0.05, 0.1) is 0 Å². The maximum atomic E-state index is 12.2. The van der Waals surface area contributed by atoms with E-state index in [0.29, 0.717) is 5.56 Å². The molecule has 0 radical (unpaired) electrons. The van der Waals surface area contributed by atoms with E-state index < -0.39 is 0 Å². The van der Waals surface area contributed by atoms with Gasteiger partial charge in [-0.15, -0.1) is 0 Å². The van der Waals surface area contributed by atoms with E-state index in [1.54, 1.807) is 12.1 Å². The molecule has 0 unspecified atom stereocenters. The standard InChI is InChI=1S/C14H10Br3NO/c1-8-4-10(15)2-3-13(8)18-14(19)9-5-11(16)7-12(17)6-9/h2-7H,1H3,(H,18,19). The minimum atomic E-state index is -0.132. The molecule has 2 rings (SSSR count). The van der Waals surface area contributed by atoms with Gasteiger partial charge in [0.15, 0.2) is 0 Å². The molecule has 0 aliphatic heterocycles. The predicted molar refractivity (Wildman–Crippen MR) is 88.7 cm³/mol. The number of anilines is 1. The van der Waals surface area contributed by atoms with Crippen molar-refractivity contribution in [2.75, 3.05) is 5.32 Å². The second-order valence-corrected chi connectivity index (χ2v) is 6.82. The van der Waals surface area contributed by atoms with Crippen LogP contribution in [0, 0.1) is 6.92 Å². The van der Waals surface area contributed by atoms with Crippen LogP contribution in [0.4, 0.5) is 5.69 Å². The maximum absolute atomic E-state index is 12.2. The molecule has 98 valence electrons. The number of amides is 1. The molecule has 0 aliphatic carbocycles. The third kappa shape index (κ3) is 3.91. The highest BCUT2D eigenvalue weighted by Crippen LogP contribution is 2.23. The van der Waals surface area contributed by atoms with Crippen molar-refractivity contribution in [3.05, 3.63) is 60.9 Å². The first-order chi connectivity index (χ1) is 8.95. The molecule has 0 atom stereocenters. The Balaban J connectivity index is 2.25. The van der Waals surface area contributed by atoms with Crippen molar-refractivity contribution >= 4 is 59.4 Å². The lowest BCUT2D eigenvalue weighted by molar-refractivity contribution is 0.102. The summed E-state index contributed by atoms with van der Waals surface area (Å²) in [6.07, 6.45) is 0. The molecule has 2 nitrogen and oxygen atoms in total. The fourth-order valence-corrected chi connectivity index (χ4v) is 3.42. The van der Waals surface area contributed by atoms with E-state index in [4.69, 9.17) is 0 Å². The first-order valence-electron chi connectivity index (χ1n) is 5.49. The molecular weight excluding hydrogens is 438 g/mol.